The van der Waals surface area contributed by atoms with Gasteiger partial charge in [0.1, 0.15) is 0 Å². The molecule has 1 fully saturated rings. The van der Waals surface area contributed by atoms with Crippen LogP contribution in [0.15, 0.2) is 42.5 Å². The average molecular weight is 607 g/mol. The highest BCUT2D eigenvalue weighted by Gasteiger charge is 2.47. The van der Waals surface area contributed by atoms with Crippen LogP contribution in [0.4, 0.5) is 5.69 Å². The van der Waals surface area contributed by atoms with Crippen LogP contribution in [0.1, 0.15) is 56.1 Å². The molecule has 2 aromatic carbocycles. The minimum Gasteiger partial charge on any atom is -0.481 e. The van der Waals surface area contributed by atoms with Crippen LogP contribution in [0.25, 0.3) is 0 Å². The predicted molar refractivity (Wildman–Crippen MR) is 168 cm³/mol. The number of benzene rings is 2. The Morgan fingerprint density at radius 1 is 1.00 bits per heavy atom. The van der Waals surface area contributed by atoms with Gasteiger partial charge in [0, 0.05) is 43.8 Å². The van der Waals surface area contributed by atoms with Gasteiger partial charge in [-0.05, 0) is 75.6 Å². The lowest BCUT2D eigenvalue weighted by molar-refractivity contribution is -0.143. The summed E-state index contributed by atoms with van der Waals surface area (Å²) in [7, 11) is 4.11. The second-order valence-electron chi connectivity index (χ2n) is 12.5. The number of hydrogen-bond acceptors (Lipinski definition) is 7. The van der Waals surface area contributed by atoms with Crippen LogP contribution in [-0.4, -0.2) is 104 Å². The molecule has 10 nitrogen and oxygen atoms in total. The van der Waals surface area contributed by atoms with Crippen LogP contribution >= 0.6 is 0 Å². The summed E-state index contributed by atoms with van der Waals surface area (Å²) in [6.07, 6.45) is 4.65. The number of aliphatic carboxylic acids is 1. The van der Waals surface area contributed by atoms with Crippen molar-refractivity contribution in [2.24, 2.45) is 5.92 Å². The molecule has 0 saturated carbocycles. The summed E-state index contributed by atoms with van der Waals surface area (Å²) in [5.74, 6) is -0.673. The van der Waals surface area contributed by atoms with E-state index in [2.05, 4.69) is 30.8 Å². The normalized spacial score (nSPS) is 20.9. The maximum atomic E-state index is 13.9. The van der Waals surface area contributed by atoms with E-state index in [1.165, 1.54) is 0 Å². The van der Waals surface area contributed by atoms with Crippen LogP contribution in [0.5, 0.6) is 11.5 Å². The highest BCUT2D eigenvalue weighted by Crippen LogP contribution is 2.43. The van der Waals surface area contributed by atoms with E-state index in [1.54, 1.807) is 4.90 Å². The summed E-state index contributed by atoms with van der Waals surface area (Å²) >= 11 is 0. The number of carbonyl (C=O) groups is 3. The van der Waals surface area contributed by atoms with Crippen molar-refractivity contribution in [3.63, 3.8) is 0 Å². The molecule has 3 aliphatic heterocycles. The Bertz CT molecular complexity index is 1330. The Balaban J connectivity index is 1.38. The molecule has 0 spiro atoms. The zero-order valence-electron chi connectivity index (χ0n) is 26.2. The first-order valence-corrected chi connectivity index (χ1v) is 15.9. The first-order chi connectivity index (χ1) is 21.3. The number of rotatable bonds is 15. The minimum atomic E-state index is -0.896. The van der Waals surface area contributed by atoms with Crippen molar-refractivity contribution in [1.29, 1.82) is 0 Å². The van der Waals surface area contributed by atoms with E-state index in [-0.39, 0.29) is 31.1 Å². The second kappa shape index (κ2) is 14.4. The number of carboxylic acid groups (broad SMARTS) is 1. The molecule has 0 aliphatic carbocycles. The number of nitrogens with zero attached hydrogens (tertiary/aromatic N) is 4. The van der Waals surface area contributed by atoms with Crippen molar-refractivity contribution < 1.29 is 29.0 Å². The summed E-state index contributed by atoms with van der Waals surface area (Å²) in [4.78, 5) is 47.7. The molecule has 1 saturated heterocycles. The topological polar surface area (TPSA) is 103 Å². The molecule has 3 heterocycles. The van der Waals surface area contributed by atoms with Crippen molar-refractivity contribution >= 4 is 23.5 Å². The van der Waals surface area contributed by atoms with Gasteiger partial charge in [-0.1, -0.05) is 37.6 Å². The molecular formula is C34H46N4O6. The van der Waals surface area contributed by atoms with Gasteiger partial charge in [0.15, 0.2) is 11.5 Å². The van der Waals surface area contributed by atoms with E-state index in [4.69, 9.17) is 9.47 Å². The van der Waals surface area contributed by atoms with Crippen molar-refractivity contribution in [1.82, 2.24) is 14.7 Å². The SMILES string of the molecule is CCCCN(CCCCN(C)C)C(=O)CN1CC(c2ccc3c(c2)OCO3)C(C(=O)O)C1CCN1C(=O)Cc2ccccc21. The highest BCUT2D eigenvalue weighted by atomic mass is 16.7. The number of para-hydroxylation sites is 1. The van der Waals surface area contributed by atoms with Gasteiger partial charge in [-0.25, -0.2) is 0 Å². The Labute approximate surface area is 260 Å². The maximum absolute atomic E-state index is 13.9. The van der Waals surface area contributed by atoms with Crippen LogP contribution in [0, 0.1) is 5.92 Å². The minimum absolute atomic E-state index is 0.0227. The summed E-state index contributed by atoms with van der Waals surface area (Å²) in [6, 6.07) is 13.0. The zero-order chi connectivity index (χ0) is 31.2. The summed E-state index contributed by atoms with van der Waals surface area (Å²) in [6.45, 7) is 5.60. The molecule has 0 bridgehead atoms. The summed E-state index contributed by atoms with van der Waals surface area (Å²) in [5.41, 5.74) is 2.74. The number of hydrogen-bond donors (Lipinski definition) is 1. The number of carboxylic acids is 1. The number of carbonyl (C=O) groups excluding carboxylic acids is 2. The fourth-order valence-corrected chi connectivity index (χ4v) is 6.87. The maximum Gasteiger partial charge on any atom is 0.308 e. The fraction of sp³-hybridized carbons (Fsp3) is 0.559. The third-order valence-electron chi connectivity index (χ3n) is 9.19. The van der Waals surface area contributed by atoms with Gasteiger partial charge in [0.05, 0.1) is 18.9 Å². The van der Waals surface area contributed by atoms with Crippen molar-refractivity contribution in [2.45, 2.75) is 57.4 Å². The van der Waals surface area contributed by atoms with Gasteiger partial charge >= 0.3 is 5.97 Å². The molecule has 2 aromatic rings. The molecule has 10 heteroatoms. The van der Waals surface area contributed by atoms with Crippen LogP contribution in [0.3, 0.4) is 0 Å². The number of unbranched alkanes of at least 4 members (excludes halogenated alkanes) is 2. The van der Waals surface area contributed by atoms with Crippen LogP contribution < -0.4 is 14.4 Å². The standard InChI is InChI=1S/C34H46N4O6/c1-4-5-16-36(17-9-8-15-35(2)3)32(40)22-37-21-26(24-12-13-29-30(19-24)44-23-43-29)33(34(41)42)28(37)14-18-38-27-11-7-6-10-25(27)20-31(38)39/h6-7,10-13,19,26,28,33H,4-5,8-9,14-18,20-23H2,1-3H3,(H,41,42). The lowest BCUT2D eigenvalue weighted by Gasteiger charge is -2.31. The predicted octanol–water partition coefficient (Wildman–Crippen LogP) is 3.83. The van der Waals surface area contributed by atoms with E-state index in [1.807, 2.05) is 47.4 Å². The zero-order valence-corrected chi connectivity index (χ0v) is 26.2. The number of likely N-dealkylation sites (tertiary alicyclic amines) is 1. The van der Waals surface area contributed by atoms with Gasteiger partial charge in [0.25, 0.3) is 0 Å². The molecule has 0 aromatic heterocycles. The Morgan fingerprint density at radius 2 is 1.75 bits per heavy atom. The monoisotopic (exact) mass is 606 g/mol. The summed E-state index contributed by atoms with van der Waals surface area (Å²) < 4.78 is 11.1. The van der Waals surface area contributed by atoms with Gasteiger partial charge in [-0.3, -0.25) is 19.3 Å². The molecule has 5 rings (SSSR count). The molecule has 238 valence electrons. The lowest BCUT2D eigenvalue weighted by atomic mass is 9.84. The number of anilines is 1. The van der Waals surface area contributed by atoms with E-state index >= 15 is 0 Å². The molecular weight excluding hydrogens is 560 g/mol. The first-order valence-electron chi connectivity index (χ1n) is 15.9. The van der Waals surface area contributed by atoms with Crippen molar-refractivity contribution in [3.05, 3.63) is 53.6 Å². The van der Waals surface area contributed by atoms with Crippen LogP contribution in [-0.2, 0) is 20.8 Å². The van der Waals surface area contributed by atoms with Gasteiger partial charge in [-0.2, -0.15) is 0 Å². The molecule has 3 aliphatic rings. The van der Waals surface area contributed by atoms with E-state index in [0.29, 0.717) is 50.5 Å². The van der Waals surface area contributed by atoms with E-state index < -0.39 is 17.9 Å². The summed E-state index contributed by atoms with van der Waals surface area (Å²) in [5, 5.41) is 10.6. The number of fused-ring (bicyclic) bond motifs is 2. The van der Waals surface area contributed by atoms with E-state index in [0.717, 1.165) is 49.0 Å². The molecule has 0 radical (unpaired) electrons. The molecule has 3 atom stereocenters. The second-order valence-corrected chi connectivity index (χ2v) is 12.5. The van der Waals surface area contributed by atoms with E-state index in [9.17, 15) is 19.5 Å². The molecule has 44 heavy (non-hydrogen) atoms. The van der Waals surface area contributed by atoms with Gasteiger partial charge in [-0.15, -0.1) is 0 Å². The smallest absolute Gasteiger partial charge is 0.308 e. The quantitative estimate of drug-likeness (QED) is 0.305. The fourth-order valence-electron chi connectivity index (χ4n) is 6.87. The van der Waals surface area contributed by atoms with Crippen LogP contribution in [0.2, 0.25) is 0 Å². The Morgan fingerprint density at radius 3 is 2.52 bits per heavy atom. The highest BCUT2D eigenvalue weighted by molar-refractivity contribution is 6.01. The van der Waals surface area contributed by atoms with Crippen molar-refractivity contribution in [2.75, 3.05) is 65.1 Å². The molecule has 1 N–H and O–H groups in total. The first kappa shape index (κ1) is 31.8. The Kier molecular flexibility index (Phi) is 10.4. The molecule has 2 amide bonds. The lowest BCUT2D eigenvalue weighted by Crippen LogP contribution is -2.46. The van der Waals surface area contributed by atoms with Gasteiger partial charge in [0.2, 0.25) is 18.6 Å². The number of amides is 2. The Hall–Kier alpha value is -3.63. The van der Waals surface area contributed by atoms with Gasteiger partial charge < -0.3 is 29.3 Å². The average Bonchev–Trinajstić information content (AvgIpc) is 3.70. The largest absolute Gasteiger partial charge is 0.481 e. The van der Waals surface area contributed by atoms with Crippen molar-refractivity contribution in [3.8, 4) is 11.5 Å². The third kappa shape index (κ3) is 7.18. The third-order valence-corrected chi connectivity index (χ3v) is 9.19. The number of ether oxygens (including phenoxy) is 2. The molecule has 3 unspecified atom stereocenters.